The molecule has 1 aromatic heterocycles. The standard InChI is InChI=1S/C22H32BrF3N2O2/c23-19-13-18(22(24,25)26)15-28-20(19)8-10-27-14-17-6-4-16(5-7-17)9-12-30-21-3-1-2-11-29-21/h13,15-17,21,27H,1-12,14H2. The highest BCUT2D eigenvalue weighted by atomic mass is 79.9. The van der Waals surface area contributed by atoms with Gasteiger partial charge in [-0.25, -0.2) is 0 Å². The highest BCUT2D eigenvalue weighted by Gasteiger charge is 2.31. The zero-order valence-electron chi connectivity index (χ0n) is 17.4. The SMILES string of the molecule is FC(F)(F)c1cnc(CCNCC2CCC(CCOC3CCCCO3)CC2)c(Br)c1. The van der Waals surface area contributed by atoms with Crippen molar-refractivity contribution in [1.29, 1.82) is 0 Å². The minimum absolute atomic E-state index is 0.0125. The number of hydrogen-bond donors (Lipinski definition) is 1. The van der Waals surface area contributed by atoms with Crippen molar-refractivity contribution in [3.63, 3.8) is 0 Å². The Bertz CT molecular complexity index is 646. The lowest BCUT2D eigenvalue weighted by Crippen LogP contribution is -2.29. The fourth-order valence-corrected chi connectivity index (χ4v) is 4.80. The number of aromatic nitrogens is 1. The van der Waals surface area contributed by atoms with Crippen LogP contribution in [0.5, 0.6) is 0 Å². The summed E-state index contributed by atoms with van der Waals surface area (Å²) < 4.78 is 50.0. The second-order valence-electron chi connectivity index (χ2n) is 8.45. The van der Waals surface area contributed by atoms with Crippen molar-refractivity contribution >= 4 is 15.9 Å². The van der Waals surface area contributed by atoms with Crippen LogP contribution in [-0.4, -0.2) is 37.6 Å². The lowest BCUT2D eigenvalue weighted by Gasteiger charge is -2.29. The summed E-state index contributed by atoms with van der Waals surface area (Å²) in [6.07, 6.45) is 6.59. The average Bonchev–Trinajstić information content (AvgIpc) is 2.73. The molecular formula is C22H32BrF3N2O2. The van der Waals surface area contributed by atoms with Gasteiger partial charge >= 0.3 is 6.18 Å². The van der Waals surface area contributed by atoms with E-state index in [1.54, 1.807) is 0 Å². The van der Waals surface area contributed by atoms with Crippen LogP contribution in [0.25, 0.3) is 0 Å². The van der Waals surface area contributed by atoms with Crippen molar-refractivity contribution in [2.45, 2.75) is 70.3 Å². The number of pyridine rings is 1. The Morgan fingerprint density at radius 1 is 1.13 bits per heavy atom. The monoisotopic (exact) mass is 492 g/mol. The van der Waals surface area contributed by atoms with Crippen molar-refractivity contribution in [1.82, 2.24) is 10.3 Å². The van der Waals surface area contributed by atoms with Gasteiger partial charge in [0.1, 0.15) is 0 Å². The molecule has 2 aliphatic rings. The maximum Gasteiger partial charge on any atom is 0.417 e. The molecule has 1 saturated heterocycles. The summed E-state index contributed by atoms with van der Waals surface area (Å²) in [6, 6.07) is 1.10. The lowest BCUT2D eigenvalue weighted by molar-refractivity contribution is -0.164. The number of nitrogens with one attached hydrogen (secondary N) is 1. The summed E-state index contributed by atoms with van der Waals surface area (Å²) in [5, 5.41) is 3.45. The quantitative estimate of drug-likeness (QED) is 0.446. The molecule has 0 aromatic carbocycles. The number of rotatable bonds is 9. The first kappa shape index (κ1) is 24.0. The summed E-state index contributed by atoms with van der Waals surface area (Å²) >= 11 is 3.21. The van der Waals surface area contributed by atoms with Crippen LogP contribution in [0.4, 0.5) is 13.2 Å². The van der Waals surface area contributed by atoms with Gasteiger partial charge in [-0.1, -0.05) is 12.8 Å². The Hall–Kier alpha value is -0.700. The zero-order valence-corrected chi connectivity index (χ0v) is 18.9. The Kier molecular flexibility index (Phi) is 9.41. The third kappa shape index (κ3) is 7.77. The highest BCUT2D eigenvalue weighted by molar-refractivity contribution is 9.10. The van der Waals surface area contributed by atoms with Crippen molar-refractivity contribution in [2.24, 2.45) is 11.8 Å². The van der Waals surface area contributed by atoms with Crippen LogP contribution in [0.2, 0.25) is 0 Å². The minimum atomic E-state index is -4.36. The van der Waals surface area contributed by atoms with E-state index in [9.17, 15) is 13.2 Å². The predicted octanol–water partition coefficient (Wildman–Crippen LogP) is 5.73. The Balaban J connectivity index is 1.26. The number of alkyl halides is 3. The molecule has 8 heteroatoms. The van der Waals surface area contributed by atoms with Gasteiger partial charge in [0, 0.05) is 36.8 Å². The molecule has 170 valence electrons. The predicted molar refractivity (Wildman–Crippen MR) is 113 cm³/mol. The summed E-state index contributed by atoms with van der Waals surface area (Å²) in [6.45, 7) is 3.30. The lowest BCUT2D eigenvalue weighted by atomic mass is 9.80. The highest BCUT2D eigenvalue weighted by Crippen LogP contribution is 2.32. The fourth-order valence-electron chi connectivity index (χ4n) is 4.25. The molecule has 0 amide bonds. The van der Waals surface area contributed by atoms with E-state index >= 15 is 0 Å². The van der Waals surface area contributed by atoms with E-state index in [-0.39, 0.29) is 6.29 Å². The van der Waals surface area contributed by atoms with E-state index in [1.807, 2.05) is 0 Å². The van der Waals surface area contributed by atoms with Crippen molar-refractivity contribution in [2.75, 3.05) is 26.3 Å². The molecule has 0 radical (unpaired) electrons. The second-order valence-corrected chi connectivity index (χ2v) is 9.30. The fraction of sp³-hybridized carbons (Fsp3) is 0.773. The Labute approximate surface area is 185 Å². The van der Waals surface area contributed by atoms with Gasteiger partial charge in [0.25, 0.3) is 0 Å². The van der Waals surface area contributed by atoms with Gasteiger partial charge < -0.3 is 14.8 Å². The molecule has 2 fully saturated rings. The molecular weight excluding hydrogens is 461 g/mol. The van der Waals surface area contributed by atoms with Gasteiger partial charge in [0.05, 0.1) is 11.3 Å². The van der Waals surface area contributed by atoms with Crippen molar-refractivity contribution in [3.8, 4) is 0 Å². The first-order valence-electron chi connectivity index (χ1n) is 11.1. The first-order chi connectivity index (χ1) is 14.4. The molecule has 0 bridgehead atoms. The topological polar surface area (TPSA) is 43.4 Å². The van der Waals surface area contributed by atoms with E-state index in [0.29, 0.717) is 29.1 Å². The largest absolute Gasteiger partial charge is 0.417 e. The Morgan fingerprint density at radius 3 is 2.57 bits per heavy atom. The van der Waals surface area contributed by atoms with Crippen molar-refractivity contribution < 1.29 is 22.6 Å². The molecule has 1 saturated carbocycles. The molecule has 4 nitrogen and oxygen atoms in total. The van der Waals surface area contributed by atoms with Gasteiger partial charge in [0.15, 0.2) is 6.29 Å². The summed E-state index contributed by atoms with van der Waals surface area (Å²) in [5.74, 6) is 1.42. The van der Waals surface area contributed by atoms with Crippen LogP contribution in [0, 0.1) is 11.8 Å². The molecule has 30 heavy (non-hydrogen) atoms. The third-order valence-electron chi connectivity index (χ3n) is 6.15. The molecule has 1 N–H and O–H groups in total. The number of nitrogens with zero attached hydrogens (tertiary/aromatic N) is 1. The van der Waals surface area contributed by atoms with Crippen LogP contribution >= 0.6 is 15.9 Å². The summed E-state index contributed by atoms with van der Waals surface area (Å²) in [4.78, 5) is 3.97. The van der Waals surface area contributed by atoms with Crippen LogP contribution in [-0.2, 0) is 22.1 Å². The summed E-state index contributed by atoms with van der Waals surface area (Å²) in [5.41, 5.74) is -0.0688. The van der Waals surface area contributed by atoms with Gasteiger partial charge in [0.2, 0.25) is 0 Å². The van der Waals surface area contributed by atoms with E-state index in [2.05, 4.69) is 26.2 Å². The molecule has 2 heterocycles. The number of halogens is 4. The first-order valence-corrected chi connectivity index (χ1v) is 11.9. The van der Waals surface area contributed by atoms with E-state index < -0.39 is 11.7 Å². The molecule has 3 rings (SSSR count). The molecule has 1 unspecified atom stereocenters. The van der Waals surface area contributed by atoms with Crippen molar-refractivity contribution in [3.05, 3.63) is 28.0 Å². The molecule has 1 aliphatic heterocycles. The minimum Gasteiger partial charge on any atom is -0.353 e. The molecule has 1 aromatic rings. The van der Waals surface area contributed by atoms with Crippen LogP contribution < -0.4 is 5.32 Å². The third-order valence-corrected chi connectivity index (χ3v) is 6.84. The normalized spacial score (nSPS) is 25.4. The van der Waals surface area contributed by atoms with Crippen LogP contribution in [0.15, 0.2) is 16.7 Å². The molecule has 1 atom stereocenters. The second kappa shape index (κ2) is 11.8. The van der Waals surface area contributed by atoms with Crippen LogP contribution in [0.3, 0.4) is 0 Å². The van der Waals surface area contributed by atoms with Crippen LogP contribution in [0.1, 0.15) is 62.6 Å². The maximum atomic E-state index is 12.7. The van der Waals surface area contributed by atoms with Gasteiger partial charge in [-0.15, -0.1) is 0 Å². The number of ether oxygens (including phenoxy) is 2. The average molecular weight is 493 g/mol. The molecule has 1 aliphatic carbocycles. The zero-order chi connectivity index (χ0) is 21.4. The Morgan fingerprint density at radius 2 is 1.90 bits per heavy atom. The summed E-state index contributed by atoms with van der Waals surface area (Å²) in [7, 11) is 0. The smallest absolute Gasteiger partial charge is 0.353 e. The van der Waals surface area contributed by atoms with E-state index in [1.165, 1.54) is 32.1 Å². The van der Waals surface area contributed by atoms with Gasteiger partial charge in [-0.05, 0) is 78.9 Å². The van der Waals surface area contributed by atoms with E-state index in [0.717, 1.165) is 57.2 Å². The van der Waals surface area contributed by atoms with Gasteiger partial charge in [-0.2, -0.15) is 13.2 Å². The van der Waals surface area contributed by atoms with Gasteiger partial charge in [-0.3, -0.25) is 4.98 Å². The number of hydrogen-bond acceptors (Lipinski definition) is 4. The maximum absolute atomic E-state index is 12.7. The van der Waals surface area contributed by atoms with E-state index in [4.69, 9.17) is 9.47 Å². The molecule has 0 spiro atoms.